The summed E-state index contributed by atoms with van der Waals surface area (Å²) in [6.45, 7) is 2.62. The van der Waals surface area contributed by atoms with Gasteiger partial charge in [-0.05, 0) is 36.1 Å². The predicted octanol–water partition coefficient (Wildman–Crippen LogP) is 3.15. The first-order valence-electron chi connectivity index (χ1n) is 6.96. The first kappa shape index (κ1) is 16.0. The van der Waals surface area contributed by atoms with Crippen LogP contribution in [0.4, 0.5) is 5.69 Å². The third-order valence-electron chi connectivity index (χ3n) is 2.98. The van der Waals surface area contributed by atoms with Gasteiger partial charge in [-0.25, -0.2) is 0 Å². The molecule has 0 unspecified atom stereocenters. The van der Waals surface area contributed by atoms with Crippen LogP contribution in [0.25, 0.3) is 0 Å². The van der Waals surface area contributed by atoms with Gasteiger partial charge in [0.05, 0.1) is 12.7 Å². The van der Waals surface area contributed by atoms with E-state index in [1.807, 2.05) is 6.92 Å². The number of methoxy groups -OCH3 is 1. The Bertz CT molecular complexity index is 667. The van der Waals surface area contributed by atoms with Crippen molar-refractivity contribution in [3.8, 4) is 5.06 Å². The number of ether oxygens (including phenoxy) is 1. The van der Waals surface area contributed by atoms with E-state index in [2.05, 4.69) is 10.6 Å². The Morgan fingerprint density at radius 2 is 2.05 bits per heavy atom. The minimum atomic E-state index is -0.260. The van der Waals surface area contributed by atoms with Crippen molar-refractivity contribution >= 4 is 28.8 Å². The van der Waals surface area contributed by atoms with Crippen LogP contribution in [-0.2, 0) is 0 Å². The Morgan fingerprint density at radius 3 is 2.77 bits per heavy atom. The fourth-order valence-electron chi connectivity index (χ4n) is 1.90. The summed E-state index contributed by atoms with van der Waals surface area (Å²) < 4.78 is 5.14. The highest BCUT2D eigenvalue weighted by molar-refractivity contribution is 7.12. The van der Waals surface area contributed by atoms with E-state index in [1.165, 1.54) is 18.4 Å². The van der Waals surface area contributed by atoms with Gasteiger partial charge in [0.2, 0.25) is 0 Å². The number of amides is 2. The number of rotatable bonds is 6. The van der Waals surface area contributed by atoms with Crippen molar-refractivity contribution in [3.63, 3.8) is 0 Å². The van der Waals surface area contributed by atoms with Gasteiger partial charge in [0.1, 0.15) is 0 Å². The number of carbonyl (C=O) groups excluding carboxylic acids is 2. The van der Waals surface area contributed by atoms with Gasteiger partial charge in [-0.3, -0.25) is 9.59 Å². The molecule has 6 heteroatoms. The lowest BCUT2D eigenvalue weighted by atomic mass is 10.1. The Morgan fingerprint density at radius 1 is 1.23 bits per heavy atom. The number of benzene rings is 1. The molecule has 2 amide bonds. The molecule has 5 nitrogen and oxygen atoms in total. The van der Waals surface area contributed by atoms with Gasteiger partial charge < -0.3 is 15.4 Å². The standard InChI is InChI=1S/C16H18N2O3S/c1-3-8-17-14(19)11-5-4-6-12(10-11)18-15(20)13-7-9-22-16(13)21-2/h4-7,9-10H,3,8H2,1-2H3,(H,17,19)(H,18,20). The number of nitrogens with one attached hydrogen (secondary N) is 2. The van der Waals surface area contributed by atoms with Crippen LogP contribution in [0.2, 0.25) is 0 Å². The second kappa shape index (κ2) is 7.61. The summed E-state index contributed by atoms with van der Waals surface area (Å²) in [5, 5.41) is 7.94. The number of hydrogen-bond donors (Lipinski definition) is 2. The topological polar surface area (TPSA) is 67.4 Å². The van der Waals surface area contributed by atoms with Crippen LogP contribution in [0.5, 0.6) is 5.06 Å². The molecule has 1 aromatic carbocycles. The second-order valence-electron chi connectivity index (χ2n) is 4.62. The summed E-state index contributed by atoms with van der Waals surface area (Å²) in [6.07, 6.45) is 0.875. The summed E-state index contributed by atoms with van der Waals surface area (Å²) >= 11 is 1.36. The zero-order valence-electron chi connectivity index (χ0n) is 12.5. The number of anilines is 1. The summed E-state index contributed by atoms with van der Waals surface area (Å²) in [7, 11) is 1.53. The molecule has 116 valence electrons. The van der Waals surface area contributed by atoms with Crippen LogP contribution >= 0.6 is 11.3 Å². The molecule has 22 heavy (non-hydrogen) atoms. The Balaban J connectivity index is 2.10. The highest BCUT2D eigenvalue weighted by Gasteiger charge is 2.14. The molecule has 0 saturated heterocycles. The molecule has 2 aromatic rings. The molecule has 0 fully saturated rings. The Hall–Kier alpha value is -2.34. The molecule has 0 saturated carbocycles. The lowest BCUT2D eigenvalue weighted by Gasteiger charge is -2.08. The van der Waals surface area contributed by atoms with Gasteiger partial charge in [0, 0.05) is 17.8 Å². The quantitative estimate of drug-likeness (QED) is 0.860. The zero-order chi connectivity index (χ0) is 15.9. The lowest BCUT2D eigenvalue weighted by Crippen LogP contribution is -2.24. The van der Waals surface area contributed by atoms with Gasteiger partial charge >= 0.3 is 0 Å². The third-order valence-corrected chi connectivity index (χ3v) is 3.85. The summed E-state index contributed by atoms with van der Waals surface area (Å²) in [5.41, 5.74) is 1.57. The maximum absolute atomic E-state index is 12.2. The average molecular weight is 318 g/mol. The van der Waals surface area contributed by atoms with E-state index in [9.17, 15) is 9.59 Å². The molecule has 1 heterocycles. The molecule has 1 aromatic heterocycles. The van der Waals surface area contributed by atoms with Crippen LogP contribution in [0.15, 0.2) is 35.7 Å². The molecule has 0 atom stereocenters. The van der Waals surface area contributed by atoms with Gasteiger partial charge in [-0.1, -0.05) is 13.0 Å². The molecule has 0 aliphatic heterocycles. The van der Waals surface area contributed by atoms with E-state index < -0.39 is 0 Å². The van der Waals surface area contributed by atoms with Crippen LogP contribution in [0.1, 0.15) is 34.1 Å². The van der Waals surface area contributed by atoms with E-state index in [-0.39, 0.29) is 11.8 Å². The molecule has 2 N–H and O–H groups in total. The minimum absolute atomic E-state index is 0.147. The summed E-state index contributed by atoms with van der Waals surface area (Å²) in [6, 6.07) is 8.55. The van der Waals surface area contributed by atoms with Crippen LogP contribution in [0, 0.1) is 0 Å². The molecule has 0 bridgehead atoms. The SMILES string of the molecule is CCCNC(=O)c1cccc(NC(=O)c2ccsc2OC)c1. The predicted molar refractivity (Wildman–Crippen MR) is 87.9 cm³/mol. The van der Waals surface area contributed by atoms with E-state index >= 15 is 0 Å². The van der Waals surface area contributed by atoms with E-state index in [0.717, 1.165) is 6.42 Å². The van der Waals surface area contributed by atoms with Crippen LogP contribution in [0.3, 0.4) is 0 Å². The first-order chi connectivity index (χ1) is 10.7. The third kappa shape index (κ3) is 3.85. The van der Waals surface area contributed by atoms with Gasteiger partial charge in [-0.15, -0.1) is 11.3 Å². The lowest BCUT2D eigenvalue weighted by molar-refractivity contribution is 0.0952. The maximum Gasteiger partial charge on any atom is 0.260 e. The normalized spacial score (nSPS) is 10.1. The van der Waals surface area contributed by atoms with Crippen LogP contribution in [-0.4, -0.2) is 25.5 Å². The van der Waals surface area contributed by atoms with Crippen molar-refractivity contribution in [1.82, 2.24) is 5.32 Å². The molecule has 0 aliphatic rings. The van der Waals surface area contributed by atoms with E-state index in [1.54, 1.807) is 35.7 Å². The largest absolute Gasteiger partial charge is 0.487 e. The molecule has 2 rings (SSSR count). The fraction of sp³-hybridized carbons (Fsp3) is 0.250. The monoisotopic (exact) mass is 318 g/mol. The van der Waals surface area contributed by atoms with Gasteiger partial charge in [-0.2, -0.15) is 0 Å². The van der Waals surface area contributed by atoms with Gasteiger partial charge in [0.25, 0.3) is 11.8 Å². The Kier molecular flexibility index (Phi) is 5.55. The van der Waals surface area contributed by atoms with Crippen molar-refractivity contribution in [3.05, 3.63) is 46.8 Å². The van der Waals surface area contributed by atoms with Crippen LogP contribution < -0.4 is 15.4 Å². The van der Waals surface area contributed by atoms with E-state index in [4.69, 9.17) is 4.74 Å². The fourth-order valence-corrected chi connectivity index (χ4v) is 2.61. The second-order valence-corrected chi connectivity index (χ2v) is 5.50. The molecule has 0 radical (unpaired) electrons. The Labute approximate surface area is 133 Å². The molecule has 0 spiro atoms. The maximum atomic E-state index is 12.2. The molecular weight excluding hydrogens is 300 g/mol. The van der Waals surface area contributed by atoms with E-state index in [0.29, 0.717) is 28.4 Å². The highest BCUT2D eigenvalue weighted by Crippen LogP contribution is 2.26. The van der Waals surface area contributed by atoms with Crippen molar-refractivity contribution in [2.45, 2.75) is 13.3 Å². The van der Waals surface area contributed by atoms with Crippen molar-refractivity contribution in [1.29, 1.82) is 0 Å². The number of thiophene rings is 1. The molecule has 0 aliphatic carbocycles. The molecular formula is C16H18N2O3S. The first-order valence-corrected chi connectivity index (χ1v) is 7.84. The number of carbonyl (C=O) groups is 2. The van der Waals surface area contributed by atoms with Gasteiger partial charge in [0.15, 0.2) is 5.06 Å². The number of hydrogen-bond acceptors (Lipinski definition) is 4. The van der Waals surface area contributed by atoms with Crippen molar-refractivity contribution < 1.29 is 14.3 Å². The highest BCUT2D eigenvalue weighted by atomic mass is 32.1. The summed E-state index contributed by atoms with van der Waals surface area (Å²) in [4.78, 5) is 24.2. The average Bonchev–Trinajstić information content (AvgIpc) is 3.01. The smallest absolute Gasteiger partial charge is 0.260 e. The summed E-state index contributed by atoms with van der Waals surface area (Å²) in [5.74, 6) is -0.407. The van der Waals surface area contributed by atoms with Crippen molar-refractivity contribution in [2.75, 3.05) is 19.0 Å². The zero-order valence-corrected chi connectivity index (χ0v) is 13.3. The van der Waals surface area contributed by atoms with Crippen molar-refractivity contribution in [2.24, 2.45) is 0 Å². The minimum Gasteiger partial charge on any atom is -0.487 e.